The third-order valence-electron chi connectivity index (χ3n) is 4.34. The molecule has 0 aliphatic carbocycles. The van der Waals surface area contributed by atoms with Gasteiger partial charge in [-0.2, -0.15) is 0 Å². The van der Waals surface area contributed by atoms with Crippen LogP contribution in [0, 0.1) is 0 Å². The van der Waals surface area contributed by atoms with Crippen LogP contribution < -0.4 is 15.1 Å². The molecule has 1 aliphatic heterocycles. The summed E-state index contributed by atoms with van der Waals surface area (Å²) in [5.41, 5.74) is 1.39. The number of amides is 2. The molecule has 0 fully saturated rings. The number of para-hydroxylation sites is 2. The number of rotatable bonds is 4. The lowest BCUT2D eigenvalue weighted by atomic mass is 10.2. The van der Waals surface area contributed by atoms with Crippen molar-refractivity contribution in [1.82, 2.24) is 4.98 Å². The smallest absolute Gasteiger partial charge is 0.269 e. The molecule has 1 N–H and O–H groups in total. The van der Waals surface area contributed by atoms with Crippen molar-refractivity contribution in [2.24, 2.45) is 0 Å². The highest BCUT2D eigenvalue weighted by Crippen LogP contribution is 2.37. The van der Waals surface area contributed by atoms with Crippen LogP contribution in [0.15, 0.2) is 30.3 Å². The molecule has 26 heavy (non-hydrogen) atoms. The summed E-state index contributed by atoms with van der Waals surface area (Å²) < 4.78 is 1.01. The third kappa shape index (κ3) is 2.85. The number of carbonyl (C=O) groups excluding carboxylic acids is 2. The normalized spacial score (nSPS) is 13.6. The molecular formula is C18H18N4O2S2. The molecule has 2 aromatic heterocycles. The average Bonchev–Trinajstić information content (AvgIpc) is 3.20. The number of thiophene rings is 1. The van der Waals surface area contributed by atoms with Crippen LogP contribution in [0.25, 0.3) is 9.53 Å². The minimum Gasteiger partial charge on any atom is -0.349 e. The minimum absolute atomic E-state index is 0.0273. The second-order valence-electron chi connectivity index (χ2n) is 5.91. The first-order valence-corrected chi connectivity index (χ1v) is 10.1. The predicted octanol–water partition coefficient (Wildman–Crippen LogP) is 3.80. The van der Waals surface area contributed by atoms with Crippen LogP contribution in [0.5, 0.6) is 0 Å². The SMILES string of the molecule is CCN(CC)c1nc2sc(C(=O)N3CC(=O)Nc4ccccc43)cc2s1. The number of hydrogen-bond acceptors (Lipinski definition) is 6. The molecule has 8 heteroatoms. The zero-order valence-corrected chi connectivity index (χ0v) is 16.1. The molecule has 0 saturated heterocycles. The van der Waals surface area contributed by atoms with Crippen LogP contribution >= 0.6 is 22.7 Å². The van der Waals surface area contributed by atoms with Gasteiger partial charge < -0.3 is 10.2 Å². The Balaban J connectivity index is 1.66. The highest BCUT2D eigenvalue weighted by Gasteiger charge is 2.29. The Morgan fingerprint density at radius 3 is 2.77 bits per heavy atom. The molecule has 6 nitrogen and oxygen atoms in total. The largest absolute Gasteiger partial charge is 0.349 e. The summed E-state index contributed by atoms with van der Waals surface area (Å²) in [5.74, 6) is -0.343. The molecule has 0 atom stereocenters. The van der Waals surface area contributed by atoms with E-state index in [4.69, 9.17) is 0 Å². The Morgan fingerprint density at radius 2 is 2.04 bits per heavy atom. The highest BCUT2D eigenvalue weighted by atomic mass is 32.1. The number of benzene rings is 1. The molecular weight excluding hydrogens is 368 g/mol. The van der Waals surface area contributed by atoms with E-state index in [1.165, 1.54) is 16.2 Å². The summed E-state index contributed by atoms with van der Waals surface area (Å²) in [7, 11) is 0. The van der Waals surface area contributed by atoms with E-state index in [1.807, 2.05) is 24.3 Å². The third-order valence-corrected chi connectivity index (χ3v) is 6.55. The lowest BCUT2D eigenvalue weighted by molar-refractivity contribution is -0.115. The van der Waals surface area contributed by atoms with Crippen molar-refractivity contribution in [3.63, 3.8) is 0 Å². The van der Waals surface area contributed by atoms with E-state index in [9.17, 15) is 9.59 Å². The molecule has 2 amide bonds. The fraction of sp³-hybridized carbons (Fsp3) is 0.278. The number of anilines is 3. The molecule has 134 valence electrons. The topological polar surface area (TPSA) is 65.5 Å². The number of hydrogen-bond donors (Lipinski definition) is 1. The van der Waals surface area contributed by atoms with Crippen molar-refractivity contribution in [3.05, 3.63) is 35.2 Å². The van der Waals surface area contributed by atoms with Crippen LogP contribution in [0.1, 0.15) is 23.5 Å². The summed E-state index contributed by atoms with van der Waals surface area (Å²) >= 11 is 2.98. The van der Waals surface area contributed by atoms with Crippen molar-refractivity contribution in [3.8, 4) is 0 Å². The number of thiazole rings is 1. The first-order chi connectivity index (χ1) is 12.6. The van der Waals surface area contributed by atoms with E-state index in [2.05, 4.69) is 29.0 Å². The minimum atomic E-state index is -0.183. The molecule has 0 radical (unpaired) electrons. The van der Waals surface area contributed by atoms with Gasteiger partial charge in [-0.05, 0) is 32.0 Å². The van der Waals surface area contributed by atoms with Crippen LogP contribution in [-0.2, 0) is 4.79 Å². The van der Waals surface area contributed by atoms with Gasteiger partial charge >= 0.3 is 0 Å². The predicted molar refractivity (Wildman–Crippen MR) is 108 cm³/mol. The highest BCUT2D eigenvalue weighted by molar-refractivity contribution is 7.29. The van der Waals surface area contributed by atoms with E-state index >= 15 is 0 Å². The molecule has 1 aromatic carbocycles. The number of nitrogens with one attached hydrogen (secondary N) is 1. The van der Waals surface area contributed by atoms with Gasteiger partial charge in [0, 0.05) is 13.1 Å². The van der Waals surface area contributed by atoms with Gasteiger partial charge in [0.15, 0.2) is 5.13 Å². The Hall–Kier alpha value is -2.45. The van der Waals surface area contributed by atoms with E-state index < -0.39 is 0 Å². The molecule has 0 saturated carbocycles. The standard InChI is InChI=1S/C18H18N4O2S2/c1-3-21(4-2)18-20-16-13(26-18)9-14(25-16)17(24)22-10-15(23)19-11-7-5-6-8-12(11)22/h5-9H,3-4,10H2,1-2H3,(H,19,23). The molecule has 3 heterocycles. The van der Waals surface area contributed by atoms with Crippen LogP contribution in [0.4, 0.5) is 16.5 Å². The van der Waals surface area contributed by atoms with Gasteiger partial charge in [-0.3, -0.25) is 14.5 Å². The van der Waals surface area contributed by atoms with Gasteiger partial charge in [0.2, 0.25) is 5.91 Å². The number of aromatic nitrogens is 1. The number of nitrogens with zero attached hydrogens (tertiary/aromatic N) is 3. The Bertz CT molecular complexity index is 959. The second kappa shape index (κ2) is 6.69. The van der Waals surface area contributed by atoms with Crippen molar-refractivity contribution in [2.75, 3.05) is 34.8 Å². The van der Waals surface area contributed by atoms with Gasteiger partial charge in [0.05, 0.1) is 21.0 Å². The van der Waals surface area contributed by atoms with Gasteiger partial charge in [0.1, 0.15) is 11.4 Å². The van der Waals surface area contributed by atoms with Gasteiger partial charge in [-0.1, -0.05) is 23.5 Å². The number of fused-ring (bicyclic) bond motifs is 2. The number of carbonyl (C=O) groups is 2. The fourth-order valence-corrected chi connectivity index (χ4v) is 5.29. The molecule has 3 aromatic rings. The van der Waals surface area contributed by atoms with Crippen LogP contribution in [0.3, 0.4) is 0 Å². The van der Waals surface area contributed by atoms with Crippen molar-refractivity contribution < 1.29 is 9.59 Å². The lowest BCUT2D eigenvalue weighted by Crippen LogP contribution is -2.41. The lowest BCUT2D eigenvalue weighted by Gasteiger charge is -2.28. The quantitative estimate of drug-likeness (QED) is 0.741. The average molecular weight is 387 g/mol. The van der Waals surface area contributed by atoms with Crippen molar-refractivity contribution in [1.29, 1.82) is 0 Å². The molecule has 1 aliphatic rings. The molecule has 0 unspecified atom stereocenters. The maximum absolute atomic E-state index is 13.0. The van der Waals surface area contributed by atoms with Crippen LogP contribution in [0.2, 0.25) is 0 Å². The van der Waals surface area contributed by atoms with Gasteiger partial charge in [0.25, 0.3) is 5.91 Å². The Kier molecular flexibility index (Phi) is 4.37. The summed E-state index contributed by atoms with van der Waals surface area (Å²) in [6, 6.07) is 9.24. The maximum Gasteiger partial charge on any atom is 0.269 e. The van der Waals surface area contributed by atoms with Crippen molar-refractivity contribution in [2.45, 2.75) is 13.8 Å². The zero-order valence-electron chi connectivity index (χ0n) is 14.5. The van der Waals surface area contributed by atoms with Gasteiger partial charge in [-0.25, -0.2) is 4.98 Å². The first-order valence-electron chi connectivity index (χ1n) is 8.46. The summed E-state index contributed by atoms with van der Waals surface area (Å²) in [4.78, 5) is 34.9. The maximum atomic E-state index is 13.0. The first kappa shape index (κ1) is 17.0. The van der Waals surface area contributed by atoms with E-state index in [0.29, 0.717) is 10.6 Å². The Labute approximate surface area is 159 Å². The monoisotopic (exact) mass is 386 g/mol. The molecule has 0 bridgehead atoms. The summed E-state index contributed by atoms with van der Waals surface area (Å²) in [6.07, 6.45) is 0. The molecule has 4 rings (SSSR count). The van der Waals surface area contributed by atoms with Gasteiger partial charge in [-0.15, -0.1) is 11.3 Å². The van der Waals surface area contributed by atoms with E-state index in [0.717, 1.165) is 33.4 Å². The Morgan fingerprint density at radius 1 is 1.27 bits per heavy atom. The molecule has 0 spiro atoms. The van der Waals surface area contributed by atoms with Crippen molar-refractivity contribution >= 4 is 60.5 Å². The van der Waals surface area contributed by atoms with E-state index in [-0.39, 0.29) is 18.4 Å². The summed E-state index contributed by atoms with van der Waals surface area (Å²) in [5, 5.41) is 3.79. The fourth-order valence-electron chi connectivity index (χ4n) is 3.01. The summed E-state index contributed by atoms with van der Waals surface area (Å²) in [6.45, 7) is 6.05. The van der Waals surface area contributed by atoms with Crippen LogP contribution in [-0.4, -0.2) is 36.4 Å². The zero-order chi connectivity index (χ0) is 18.3. The second-order valence-corrected chi connectivity index (χ2v) is 7.95. The van der Waals surface area contributed by atoms with E-state index in [1.54, 1.807) is 17.4 Å².